The zero-order chi connectivity index (χ0) is 19.8. The smallest absolute Gasteiger partial charge is 0.405 e. The van der Waals surface area contributed by atoms with E-state index in [4.69, 9.17) is 10.5 Å². The van der Waals surface area contributed by atoms with Gasteiger partial charge in [-0.3, -0.25) is 15.0 Å². The van der Waals surface area contributed by atoms with Crippen molar-refractivity contribution in [3.8, 4) is 5.75 Å². The van der Waals surface area contributed by atoms with E-state index in [0.717, 1.165) is 38.0 Å². The van der Waals surface area contributed by atoms with Crippen LogP contribution in [0.3, 0.4) is 0 Å². The third-order valence-electron chi connectivity index (χ3n) is 4.50. The van der Waals surface area contributed by atoms with Gasteiger partial charge in [0.2, 0.25) is 0 Å². The molecule has 1 heterocycles. The summed E-state index contributed by atoms with van der Waals surface area (Å²) in [6, 6.07) is 7.30. The maximum Gasteiger partial charge on any atom is 0.405 e. The summed E-state index contributed by atoms with van der Waals surface area (Å²) in [5.41, 5.74) is 8.39. The van der Waals surface area contributed by atoms with E-state index in [9.17, 15) is 14.4 Å². The summed E-state index contributed by atoms with van der Waals surface area (Å²) in [6.45, 7) is 4.32. The SMILES string of the molecule is CC(=O)c1ccc(OCCC[C@H]2CCCN2NC(=O)[C@H](C)OC(N)=O)cc1. The fourth-order valence-electron chi connectivity index (χ4n) is 3.04. The minimum atomic E-state index is -0.968. The van der Waals surface area contributed by atoms with E-state index in [1.807, 2.05) is 5.01 Å². The van der Waals surface area contributed by atoms with E-state index in [1.165, 1.54) is 13.8 Å². The number of carbonyl (C=O) groups is 3. The monoisotopic (exact) mass is 377 g/mol. The van der Waals surface area contributed by atoms with Crippen molar-refractivity contribution in [3.05, 3.63) is 29.8 Å². The number of amides is 2. The zero-order valence-electron chi connectivity index (χ0n) is 15.8. The first-order valence-corrected chi connectivity index (χ1v) is 9.14. The number of hydrogen-bond acceptors (Lipinski definition) is 6. The molecule has 1 aromatic carbocycles. The molecule has 27 heavy (non-hydrogen) atoms. The van der Waals surface area contributed by atoms with Crippen molar-refractivity contribution in [2.75, 3.05) is 13.2 Å². The molecule has 148 valence electrons. The van der Waals surface area contributed by atoms with Gasteiger partial charge in [-0.05, 0) is 63.8 Å². The Bertz CT molecular complexity index is 662. The molecule has 3 N–H and O–H groups in total. The Balaban J connectivity index is 1.72. The van der Waals surface area contributed by atoms with Crippen molar-refractivity contribution in [1.82, 2.24) is 10.4 Å². The second kappa shape index (κ2) is 9.91. The van der Waals surface area contributed by atoms with Gasteiger partial charge in [0.25, 0.3) is 5.91 Å². The largest absolute Gasteiger partial charge is 0.494 e. The summed E-state index contributed by atoms with van der Waals surface area (Å²) in [5.74, 6) is 0.372. The lowest BCUT2D eigenvalue weighted by molar-refractivity contribution is -0.134. The molecular formula is C19H27N3O5. The van der Waals surface area contributed by atoms with E-state index in [1.54, 1.807) is 24.3 Å². The quantitative estimate of drug-likeness (QED) is 0.503. The van der Waals surface area contributed by atoms with Gasteiger partial charge in [-0.1, -0.05) is 0 Å². The van der Waals surface area contributed by atoms with Gasteiger partial charge >= 0.3 is 6.09 Å². The highest BCUT2D eigenvalue weighted by Crippen LogP contribution is 2.20. The second-order valence-corrected chi connectivity index (χ2v) is 6.62. The number of nitrogens with zero attached hydrogens (tertiary/aromatic N) is 1. The normalized spacial score (nSPS) is 17.9. The third kappa shape index (κ3) is 6.56. The van der Waals surface area contributed by atoms with Crippen molar-refractivity contribution in [1.29, 1.82) is 0 Å². The van der Waals surface area contributed by atoms with Crippen LogP contribution in [0, 0.1) is 0 Å². The first-order chi connectivity index (χ1) is 12.9. The second-order valence-electron chi connectivity index (χ2n) is 6.62. The van der Waals surface area contributed by atoms with Crippen LogP contribution in [-0.4, -0.2) is 48.1 Å². The van der Waals surface area contributed by atoms with Crippen LogP contribution in [0.25, 0.3) is 0 Å². The highest BCUT2D eigenvalue weighted by molar-refractivity contribution is 5.94. The molecule has 0 saturated carbocycles. The van der Waals surface area contributed by atoms with Crippen LogP contribution < -0.4 is 15.9 Å². The molecule has 0 aromatic heterocycles. The van der Waals surface area contributed by atoms with E-state index in [2.05, 4.69) is 10.2 Å². The molecular weight excluding hydrogens is 350 g/mol. The van der Waals surface area contributed by atoms with Crippen LogP contribution in [0.1, 0.15) is 49.9 Å². The molecule has 0 aliphatic carbocycles. The van der Waals surface area contributed by atoms with Gasteiger partial charge in [0.1, 0.15) is 5.75 Å². The van der Waals surface area contributed by atoms with Gasteiger partial charge in [-0.2, -0.15) is 0 Å². The summed E-state index contributed by atoms with van der Waals surface area (Å²) >= 11 is 0. The van der Waals surface area contributed by atoms with E-state index in [0.29, 0.717) is 12.2 Å². The average molecular weight is 377 g/mol. The Kier molecular flexibility index (Phi) is 7.60. The summed E-state index contributed by atoms with van der Waals surface area (Å²) < 4.78 is 10.4. The molecule has 0 radical (unpaired) electrons. The Labute approximate surface area is 159 Å². The van der Waals surface area contributed by atoms with Crippen LogP contribution >= 0.6 is 0 Å². The van der Waals surface area contributed by atoms with Gasteiger partial charge in [-0.15, -0.1) is 0 Å². The number of carbonyl (C=O) groups excluding carboxylic acids is 3. The Morgan fingerprint density at radius 1 is 1.30 bits per heavy atom. The number of hydrogen-bond donors (Lipinski definition) is 2. The lowest BCUT2D eigenvalue weighted by Crippen LogP contribution is -2.49. The molecule has 1 fully saturated rings. The summed E-state index contributed by atoms with van der Waals surface area (Å²) in [7, 11) is 0. The summed E-state index contributed by atoms with van der Waals surface area (Å²) in [6.07, 6.45) is 1.78. The Morgan fingerprint density at radius 3 is 2.63 bits per heavy atom. The molecule has 2 atom stereocenters. The van der Waals surface area contributed by atoms with Crippen LogP contribution in [-0.2, 0) is 9.53 Å². The minimum Gasteiger partial charge on any atom is -0.494 e. The molecule has 2 rings (SSSR count). The summed E-state index contributed by atoms with van der Waals surface area (Å²) in [5, 5.41) is 1.89. The standard InChI is InChI=1S/C19H27N3O5/c1-13(23)15-7-9-17(10-8-15)26-12-4-6-16-5-3-11-22(16)21-18(24)14(2)27-19(20)25/h7-10,14,16H,3-6,11-12H2,1-2H3,(H2,20,25)(H,21,24)/t14-,16+/m0/s1. The number of nitrogens with one attached hydrogen (secondary N) is 1. The van der Waals surface area contributed by atoms with Crippen molar-refractivity contribution < 1.29 is 23.9 Å². The molecule has 0 unspecified atom stereocenters. The lowest BCUT2D eigenvalue weighted by atomic mass is 10.1. The van der Waals surface area contributed by atoms with Crippen LogP contribution in [0.5, 0.6) is 5.75 Å². The number of Topliss-reactive ketones (excluding diaryl/α,β-unsaturated/α-hetero) is 1. The van der Waals surface area contributed by atoms with Crippen molar-refractivity contribution in [3.63, 3.8) is 0 Å². The first kappa shape index (κ1) is 20.7. The molecule has 1 saturated heterocycles. The predicted molar refractivity (Wildman–Crippen MR) is 99.2 cm³/mol. The first-order valence-electron chi connectivity index (χ1n) is 9.14. The van der Waals surface area contributed by atoms with Crippen molar-refractivity contribution in [2.24, 2.45) is 5.73 Å². The summed E-state index contributed by atoms with van der Waals surface area (Å²) in [4.78, 5) is 34.0. The zero-order valence-corrected chi connectivity index (χ0v) is 15.8. The Morgan fingerprint density at radius 2 is 2.00 bits per heavy atom. The average Bonchev–Trinajstić information content (AvgIpc) is 3.05. The highest BCUT2D eigenvalue weighted by Gasteiger charge is 2.27. The number of hydrazine groups is 1. The highest BCUT2D eigenvalue weighted by atomic mass is 16.6. The van der Waals surface area contributed by atoms with E-state index in [-0.39, 0.29) is 17.7 Å². The molecule has 1 aliphatic heterocycles. The lowest BCUT2D eigenvalue weighted by Gasteiger charge is -2.26. The molecule has 1 aromatic rings. The van der Waals surface area contributed by atoms with Crippen LogP contribution in [0.4, 0.5) is 4.79 Å². The molecule has 2 amide bonds. The number of ketones is 1. The third-order valence-corrected chi connectivity index (χ3v) is 4.50. The van der Waals surface area contributed by atoms with Gasteiger partial charge in [0.05, 0.1) is 6.61 Å². The molecule has 1 aliphatic rings. The van der Waals surface area contributed by atoms with E-state index >= 15 is 0 Å². The predicted octanol–water partition coefficient (Wildman–Crippen LogP) is 2.03. The molecule has 8 nitrogen and oxygen atoms in total. The maximum atomic E-state index is 12.0. The van der Waals surface area contributed by atoms with Gasteiger partial charge < -0.3 is 15.2 Å². The van der Waals surface area contributed by atoms with Gasteiger partial charge in [0.15, 0.2) is 11.9 Å². The molecule has 0 bridgehead atoms. The van der Waals surface area contributed by atoms with Crippen molar-refractivity contribution in [2.45, 2.75) is 51.7 Å². The van der Waals surface area contributed by atoms with Crippen LogP contribution in [0.15, 0.2) is 24.3 Å². The maximum absolute atomic E-state index is 12.0. The van der Waals surface area contributed by atoms with Crippen LogP contribution in [0.2, 0.25) is 0 Å². The number of benzene rings is 1. The fraction of sp³-hybridized carbons (Fsp3) is 0.526. The number of primary amides is 1. The fourth-order valence-corrected chi connectivity index (χ4v) is 3.04. The Hall–Kier alpha value is -2.61. The number of ether oxygens (including phenoxy) is 2. The van der Waals surface area contributed by atoms with Gasteiger partial charge in [0, 0.05) is 18.2 Å². The number of nitrogens with two attached hydrogens (primary N) is 1. The molecule has 8 heteroatoms. The molecule has 0 spiro atoms. The topological polar surface area (TPSA) is 111 Å². The number of rotatable bonds is 9. The van der Waals surface area contributed by atoms with Crippen molar-refractivity contribution >= 4 is 17.8 Å². The van der Waals surface area contributed by atoms with Gasteiger partial charge in [-0.25, -0.2) is 9.80 Å². The minimum absolute atomic E-state index is 0.0282. The van der Waals surface area contributed by atoms with E-state index < -0.39 is 12.2 Å².